The number of benzene rings is 3. The van der Waals surface area contributed by atoms with E-state index in [0.717, 1.165) is 6.42 Å². The van der Waals surface area contributed by atoms with Crippen molar-refractivity contribution in [3.05, 3.63) is 105 Å². The van der Waals surface area contributed by atoms with Crippen molar-refractivity contribution in [3.63, 3.8) is 0 Å². The van der Waals surface area contributed by atoms with Crippen molar-refractivity contribution < 1.29 is 23.9 Å². The van der Waals surface area contributed by atoms with Gasteiger partial charge >= 0.3 is 5.97 Å². The van der Waals surface area contributed by atoms with Gasteiger partial charge in [-0.1, -0.05) is 36.4 Å². The molecule has 1 heterocycles. The molecule has 0 N–H and O–H groups in total. The molecule has 0 unspecified atom stereocenters. The number of nitro groups is 1. The normalized spacial score (nSPS) is 14.0. The third kappa shape index (κ3) is 5.24. The van der Waals surface area contributed by atoms with Gasteiger partial charge in [0.2, 0.25) is 5.90 Å². The van der Waals surface area contributed by atoms with Crippen molar-refractivity contribution in [3.8, 4) is 11.5 Å². The highest BCUT2D eigenvalue weighted by Crippen LogP contribution is 2.30. The summed E-state index contributed by atoms with van der Waals surface area (Å²) < 4.78 is 16.5. The molecular formula is C25H20N2O6. The van der Waals surface area contributed by atoms with Gasteiger partial charge in [0.15, 0.2) is 17.2 Å². The van der Waals surface area contributed by atoms with E-state index in [1.165, 1.54) is 29.8 Å². The Morgan fingerprint density at radius 2 is 1.79 bits per heavy atom. The average Bonchev–Trinajstić information content (AvgIpc) is 3.20. The Morgan fingerprint density at radius 1 is 1.03 bits per heavy atom. The fraction of sp³-hybridized carbons (Fsp3) is 0.120. The van der Waals surface area contributed by atoms with Crippen LogP contribution in [0.2, 0.25) is 0 Å². The number of ether oxygens (including phenoxy) is 3. The van der Waals surface area contributed by atoms with Crippen LogP contribution in [0.1, 0.15) is 16.7 Å². The molecule has 0 bridgehead atoms. The number of rotatable bonds is 8. The molecule has 3 aromatic rings. The van der Waals surface area contributed by atoms with Crippen LogP contribution in [0.4, 0.5) is 5.69 Å². The number of hydrogen-bond acceptors (Lipinski definition) is 7. The van der Waals surface area contributed by atoms with Crippen LogP contribution in [0.5, 0.6) is 11.5 Å². The van der Waals surface area contributed by atoms with E-state index in [4.69, 9.17) is 14.2 Å². The van der Waals surface area contributed by atoms with Crippen LogP contribution in [0.15, 0.2) is 83.5 Å². The molecular weight excluding hydrogens is 424 g/mol. The summed E-state index contributed by atoms with van der Waals surface area (Å²) >= 11 is 0. The number of non-ortho nitro benzene ring substituents is 1. The third-order valence-corrected chi connectivity index (χ3v) is 4.93. The lowest BCUT2D eigenvalue weighted by atomic mass is 10.1. The summed E-state index contributed by atoms with van der Waals surface area (Å²) in [5.41, 5.74) is 2.39. The van der Waals surface area contributed by atoms with Crippen molar-refractivity contribution in [1.29, 1.82) is 0 Å². The standard InChI is InChI=1S/C25H20N2O6/c1-31-23-16-18(7-12-22(23)32-14-13-17-5-3-2-4-6-17)15-21-25(28)33-24(26-21)19-8-10-20(11-9-19)27(29)30/h2-12,15-16H,13-14H2,1H3/b21-15-. The molecule has 0 amide bonds. The van der Waals surface area contributed by atoms with E-state index in [2.05, 4.69) is 4.99 Å². The summed E-state index contributed by atoms with van der Waals surface area (Å²) in [7, 11) is 1.55. The Hall–Kier alpha value is -4.46. The van der Waals surface area contributed by atoms with Gasteiger partial charge in [-0.2, -0.15) is 0 Å². The van der Waals surface area contributed by atoms with Crippen LogP contribution in [0, 0.1) is 10.1 Å². The maximum Gasteiger partial charge on any atom is 0.363 e. The number of carbonyl (C=O) groups is 1. The Bertz CT molecular complexity index is 1230. The number of esters is 1. The molecule has 3 aromatic carbocycles. The summed E-state index contributed by atoms with van der Waals surface area (Å²) in [6.45, 7) is 0.496. The molecule has 1 aliphatic rings. The highest BCUT2D eigenvalue weighted by molar-refractivity contribution is 6.12. The minimum atomic E-state index is -0.606. The lowest BCUT2D eigenvalue weighted by molar-refractivity contribution is -0.384. The van der Waals surface area contributed by atoms with Gasteiger partial charge < -0.3 is 14.2 Å². The molecule has 1 aliphatic heterocycles. The smallest absolute Gasteiger partial charge is 0.363 e. The molecule has 8 heteroatoms. The summed E-state index contributed by atoms with van der Waals surface area (Å²) in [5, 5.41) is 10.8. The zero-order chi connectivity index (χ0) is 23.2. The number of methoxy groups -OCH3 is 1. The zero-order valence-corrected chi connectivity index (χ0v) is 17.8. The molecule has 8 nitrogen and oxygen atoms in total. The first-order chi connectivity index (χ1) is 16.0. The molecule has 0 spiro atoms. The molecule has 0 saturated heterocycles. The van der Waals surface area contributed by atoms with Gasteiger partial charge in [0, 0.05) is 24.1 Å². The van der Waals surface area contributed by atoms with E-state index >= 15 is 0 Å². The summed E-state index contributed by atoms with van der Waals surface area (Å²) in [5.74, 6) is 0.613. The van der Waals surface area contributed by atoms with Crippen LogP contribution in [-0.4, -0.2) is 30.5 Å². The van der Waals surface area contributed by atoms with Crippen molar-refractivity contribution in [2.45, 2.75) is 6.42 Å². The highest BCUT2D eigenvalue weighted by Gasteiger charge is 2.24. The van der Waals surface area contributed by atoms with E-state index in [0.29, 0.717) is 29.2 Å². The maximum atomic E-state index is 12.3. The topological polar surface area (TPSA) is 100 Å². The minimum Gasteiger partial charge on any atom is -0.493 e. The predicted octanol–water partition coefficient (Wildman–Crippen LogP) is 4.57. The first kappa shape index (κ1) is 21.8. The Kier molecular flexibility index (Phi) is 6.45. The van der Waals surface area contributed by atoms with Crippen LogP contribution < -0.4 is 9.47 Å². The van der Waals surface area contributed by atoms with E-state index in [1.807, 2.05) is 30.3 Å². The van der Waals surface area contributed by atoms with Gasteiger partial charge in [0.25, 0.3) is 5.69 Å². The number of hydrogen-bond donors (Lipinski definition) is 0. The lowest BCUT2D eigenvalue weighted by Gasteiger charge is -2.11. The largest absolute Gasteiger partial charge is 0.493 e. The molecule has 0 atom stereocenters. The summed E-state index contributed by atoms with van der Waals surface area (Å²) in [6.07, 6.45) is 2.35. The Balaban J connectivity index is 1.48. The SMILES string of the molecule is COc1cc(/C=C2\N=C(c3ccc([N+](=O)[O-])cc3)OC2=O)ccc1OCCc1ccccc1. The van der Waals surface area contributed by atoms with E-state index in [9.17, 15) is 14.9 Å². The number of aliphatic imine (C=N–C) groups is 1. The molecule has 166 valence electrons. The number of cyclic esters (lactones) is 1. The van der Waals surface area contributed by atoms with Crippen molar-refractivity contribution in [2.75, 3.05) is 13.7 Å². The fourth-order valence-corrected chi connectivity index (χ4v) is 3.23. The zero-order valence-electron chi connectivity index (χ0n) is 17.8. The first-order valence-electron chi connectivity index (χ1n) is 10.2. The van der Waals surface area contributed by atoms with Crippen LogP contribution in [-0.2, 0) is 16.0 Å². The monoisotopic (exact) mass is 444 g/mol. The molecule has 4 rings (SSSR count). The summed E-state index contributed by atoms with van der Waals surface area (Å²) in [6, 6.07) is 21.0. The average molecular weight is 444 g/mol. The quantitative estimate of drug-likeness (QED) is 0.218. The fourth-order valence-electron chi connectivity index (χ4n) is 3.23. The third-order valence-electron chi connectivity index (χ3n) is 4.93. The van der Waals surface area contributed by atoms with Crippen molar-refractivity contribution >= 4 is 23.6 Å². The van der Waals surface area contributed by atoms with E-state index in [-0.39, 0.29) is 17.3 Å². The van der Waals surface area contributed by atoms with Gasteiger partial charge in [-0.15, -0.1) is 0 Å². The van der Waals surface area contributed by atoms with Crippen LogP contribution in [0.25, 0.3) is 6.08 Å². The van der Waals surface area contributed by atoms with Gasteiger partial charge in [-0.05, 0) is 41.5 Å². The van der Waals surface area contributed by atoms with Crippen molar-refractivity contribution in [1.82, 2.24) is 0 Å². The molecule has 0 aromatic heterocycles. The molecule has 0 radical (unpaired) electrons. The second-order valence-electron chi connectivity index (χ2n) is 7.13. The van der Waals surface area contributed by atoms with Gasteiger partial charge in [-0.25, -0.2) is 9.79 Å². The second-order valence-corrected chi connectivity index (χ2v) is 7.13. The Morgan fingerprint density at radius 3 is 2.48 bits per heavy atom. The molecule has 0 saturated carbocycles. The van der Waals surface area contributed by atoms with Gasteiger partial charge in [0.1, 0.15) is 0 Å². The Labute approximate surface area is 189 Å². The summed E-state index contributed by atoms with van der Waals surface area (Å²) in [4.78, 5) is 26.8. The van der Waals surface area contributed by atoms with E-state index < -0.39 is 10.9 Å². The second kappa shape index (κ2) is 9.78. The molecule has 0 aliphatic carbocycles. The van der Waals surface area contributed by atoms with Crippen LogP contribution in [0.3, 0.4) is 0 Å². The van der Waals surface area contributed by atoms with Gasteiger partial charge in [-0.3, -0.25) is 10.1 Å². The van der Waals surface area contributed by atoms with Crippen LogP contribution >= 0.6 is 0 Å². The van der Waals surface area contributed by atoms with E-state index in [1.54, 1.807) is 31.4 Å². The van der Waals surface area contributed by atoms with Crippen molar-refractivity contribution in [2.24, 2.45) is 4.99 Å². The van der Waals surface area contributed by atoms with Gasteiger partial charge in [0.05, 0.1) is 18.6 Å². The molecule has 0 fully saturated rings. The minimum absolute atomic E-state index is 0.0578. The molecule has 33 heavy (non-hydrogen) atoms. The number of carbonyl (C=O) groups excluding carboxylic acids is 1. The first-order valence-corrected chi connectivity index (χ1v) is 10.2. The maximum absolute atomic E-state index is 12.3. The highest BCUT2D eigenvalue weighted by atomic mass is 16.6. The predicted molar refractivity (Wildman–Crippen MR) is 122 cm³/mol. The number of nitrogens with zero attached hydrogens (tertiary/aromatic N) is 2. The number of nitro benzene ring substituents is 1. The lowest BCUT2D eigenvalue weighted by Crippen LogP contribution is -2.05.